The van der Waals surface area contributed by atoms with Crippen molar-refractivity contribution >= 4 is 11.7 Å². The van der Waals surface area contributed by atoms with Gasteiger partial charge >= 0.3 is 0 Å². The van der Waals surface area contributed by atoms with Crippen LogP contribution in [-0.2, 0) is 42.3 Å². The van der Waals surface area contributed by atoms with Crippen LogP contribution in [0.4, 0.5) is 0 Å². The average molecular weight is 528 g/mol. The average Bonchev–Trinajstić information content (AvgIpc) is 3.12. The summed E-state index contributed by atoms with van der Waals surface area (Å²) < 4.78 is 0. The Morgan fingerprint density at radius 3 is 1.81 bits per heavy atom. The Balaban J connectivity index is 0. The molecule has 2 aliphatic heterocycles. The Kier molecular flexibility index (Phi) is 23.3. The van der Waals surface area contributed by atoms with E-state index in [-0.39, 0.29) is 44.5 Å². The molecule has 0 aromatic carbocycles. The van der Waals surface area contributed by atoms with E-state index in [2.05, 4.69) is 15.1 Å². The zero-order valence-electron chi connectivity index (χ0n) is 22.4. The molecule has 1 saturated carbocycles. The topological polar surface area (TPSA) is 54.7 Å². The standard InChI is InChI=1S/C20H34N3O2.3C2H6.Y/c1-16(24)18-3-5-19(6-4-18)20(25)23-12-7-17(8-13-23)15-22-11-2-9-21-10-14-22;3*1-2;/h17-19H,2-15H2,1H3;3*1-2H3;/q-1;;;;. The first-order valence-corrected chi connectivity index (χ1v) is 13.3. The molecule has 1 amide bonds. The van der Waals surface area contributed by atoms with Crippen LogP contribution in [0.15, 0.2) is 0 Å². The quantitative estimate of drug-likeness (QED) is 0.466. The first kappa shape index (κ1) is 34.3. The summed E-state index contributed by atoms with van der Waals surface area (Å²) in [7, 11) is 0. The largest absolute Gasteiger partial charge is 0.661 e. The predicted octanol–water partition coefficient (Wildman–Crippen LogP) is 5.78. The summed E-state index contributed by atoms with van der Waals surface area (Å²) >= 11 is 0. The second-order valence-electron chi connectivity index (χ2n) is 8.25. The van der Waals surface area contributed by atoms with Crippen molar-refractivity contribution in [3.05, 3.63) is 5.32 Å². The maximum absolute atomic E-state index is 12.8. The molecule has 0 aromatic rings. The fraction of sp³-hybridized carbons (Fsp3) is 0.923. The molecule has 0 spiro atoms. The van der Waals surface area contributed by atoms with Crippen molar-refractivity contribution in [2.75, 3.05) is 45.8 Å². The Bertz CT molecular complexity index is 452. The maximum atomic E-state index is 12.8. The molecule has 0 atom stereocenters. The van der Waals surface area contributed by atoms with Crippen molar-refractivity contribution in [1.29, 1.82) is 0 Å². The monoisotopic (exact) mass is 527 g/mol. The number of Topliss-reactive ketones (excluding diaryl/α,β-unsaturated/α-hetero) is 1. The van der Waals surface area contributed by atoms with Crippen molar-refractivity contribution in [3.8, 4) is 0 Å². The minimum Gasteiger partial charge on any atom is -0.661 e. The van der Waals surface area contributed by atoms with Gasteiger partial charge in [0.05, 0.1) is 0 Å². The van der Waals surface area contributed by atoms with Gasteiger partial charge in [0.25, 0.3) is 0 Å². The number of amides is 1. The summed E-state index contributed by atoms with van der Waals surface area (Å²) in [6, 6.07) is 0. The molecule has 2 saturated heterocycles. The molecule has 3 rings (SSSR count). The van der Waals surface area contributed by atoms with Crippen molar-refractivity contribution in [2.24, 2.45) is 17.8 Å². The minimum absolute atomic E-state index is 0. The molecule has 6 heteroatoms. The van der Waals surface area contributed by atoms with Gasteiger partial charge in [-0.05, 0) is 64.5 Å². The van der Waals surface area contributed by atoms with Gasteiger partial charge in [0.2, 0.25) is 5.91 Å². The van der Waals surface area contributed by atoms with Gasteiger partial charge in [0.1, 0.15) is 5.78 Å². The van der Waals surface area contributed by atoms with Crippen LogP contribution in [0.1, 0.15) is 93.4 Å². The van der Waals surface area contributed by atoms with Crippen molar-refractivity contribution < 1.29 is 42.3 Å². The molecule has 3 fully saturated rings. The molecule has 1 radical (unpaired) electrons. The molecular weight excluding hydrogens is 475 g/mol. The number of carbonyl (C=O) groups excluding carboxylic acids is 2. The molecule has 0 unspecified atom stereocenters. The SMILES string of the molecule is CC.CC.CC.CC(=O)C1CCC(C(=O)N2CCC(CN3CCC[N-]CC3)CC2)CC1.[Y]. The number of ketones is 1. The van der Waals surface area contributed by atoms with E-state index in [0.29, 0.717) is 11.7 Å². The van der Waals surface area contributed by atoms with E-state index in [1.54, 1.807) is 6.92 Å². The fourth-order valence-corrected chi connectivity index (χ4v) is 4.73. The van der Waals surface area contributed by atoms with Gasteiger partial charge < -0.3 is 15.1 Å². The van der Waals surface area contributed by atoms with Gasteiger partial charge in [0.15, 0.2) is 0 Å². The number of likely N-dealkylation sites (tertiary alicyclic amines) is 1. The maximum Gasteiger partial charge on any atom is 0.225 e. The number of hydrogen-bond donors (Lipinski definition) is 0. The summed E-state index contributed by atoms with van der Waals surface area (Å²) in [5.74, 6) is 1.76. The predicted molar refractivity (Wildman–Crippen MR) is 134 cm³/mol. The van der Waals surface area contributed by atoms with Crippen LogP contribution in [0.3, 0.4) is 0 Å². The third-order valence-electron chi connectivity index (χ3n) is 6.46. The van der Waals surface area contributed by atoms with E-state index in [9.17, 15) is 9.59 Å². The number of rotatable bonds is 4. The molecule has 1 aliphatic carbocycles. The van der Waals surface area contributed by atoms with E-state index >= 15 is 0 Å². The first-order valence-electron chi connectivity index (χ1n) is 13.3. The molecule has 187 valence electrons. The summed E-state index contributed by atoms with van der Waals surface area (Å²) in [6.45, 7) is 21.0. The summed E-state index contributed by atoms with van der Waals surface area (Å²) in [5, 5.41) is 4.50. The Labute approximate surface area is 225 Å². The van der Waals surface area contributed by atoms with Gasteiger partial charge in [0, 0.05) is 64.2 Å². The van der Waals surface area contributed by atoms with E-state index in [4.69, 9.17) is 0 Å². The normalized spacial score (nSPS) is 24.0. The summed E-state index contributed by atoms with van der Waals surface area (Å²) in [4.78, 5) is 29.0. The molecule has 0 bridgehead atoms. The second-order valence-corrected chi connectivity index (χ2v) is 8.25. The van der Waals surface area contributed by atoms with Crippen LogP contribution in [0, 0.1) is 17.8 Å². The minimum atomic E-state index is 0. The number of carbonyl (C=O) groups is 2. The summed E-state index contributed by atoms with van der Waals surface area (Å²) in [6.07, 6.45) is 7.09. The van der Waals surface area contributed by atoms with Gasteiger partial charge in [-0.2, -0.15) is 0 Å². The zero-order chi connectivity index (χ0) is 23.6. The molecule has 3 aliphatic rings. The first-order chi connectivity index (χ1) is 15.1. The molecule has 2 heterocycles. The van der Waals surface area contributed by atoms with Crippen molar-refractivity contribution in [3.63, 3.8) is 0 Å². The van der Waals surface area contributed by atoms with Gasteiger partial charge in [-0.15, -0.1) is 13.1 Å². The van der Waals surface area contributed by atoms with Crippen LogP contribution < -0.4 is 0 Å². The Hall–Kier alpha value is 0.164. The van der Waals surface area contributed by atoms with Crippen LogP contribution >= 0.6 is 0 Å². The van der Waals surface area contributed by atoms with Gasteiger partial charge in [-0.25, -0.2) is 0 Å². The number of nitrogens with zero attached hydrogens (tertiary/aromatic N) is 3. The summed E-state index contributed by atoms with van der Waals surface area (Å²) in [5.41, 5.74) is 0. The van der Waals surface area contributed by atoms with E-state index < -0.39 is 0 Å². The van der Waals surface area contributed by atoms with Crippen LogP contribution in [0.5, 0.6) is 0 Å². The van der Waals surface area contributed by atoms with Crippen LogP contribution in [-0.4, -0.2) is 67.3 Å². The van der Waals surface area contributed by atoms with E-state index in [0.717, 1.165) is 77.2 Å². The molecule has 5 nitrogen and oxygen atoms in total. The number of hydrogen-bond acceptors (Lipinski definition) is 3. The van der Waals surface area contributed by atoms with Crippen LogP contribution in [0.2, 0.25) is 0 Å². The van der Waals surface area contributed by atoms with E-state index in [1.165, 1.54) is 19.5 Å². The zero-order valence-corrected chi connectivity index (χ0v) is 25.2. The molecule has 0 aromatic heterocycles. The van der Waals surface area contributed by atoms with Crippen LogP contribution in [0.25, 0.3) is 5.32 Å². The van der Waals surface area contributed by atoms with Gasteiger partial charge in [-0.3, -0.25) is 9.59 Å². The van der Waals surface area contributed by atoms with Gasteiger partial charge in [-0.1, -0.05) is 48.0 Å². The third-order valence-corrected chi connectivity index (χ3v) is 6.46. The fourth-order valence-electron chi connectivity index (χ4n) is 4.73. The molecular formula is C26H52N3O2Y-. The Morgan fingerprint density at radius 1 is 0.750 bits per heavy atom. The third kappa shape index (κ3) is 12.6. The van der Waals surface area contributed by atoms with E-state index in [1.807, 2.05) is 41.5 Å². The molecule has 0 N–H and O–H groups in total. The van der Waals surface area contributed by atoms with Crippen molar-refractivity contribution in [1.82, 2.24) is 9.80 Å². The second kappa shape index (κ2) is 21.7. The van der Waals surface area contributed by atoms with Crippen molar-refractivity contribution in [2.45, 2.75) is 93.4 Å². The Morgan fingerprint density at radius 2 is 1.28 bits per heavy atom. The smallest absolute Gasteiger partial charge is 0.225 e. The molecule has 32 heavy (non-hydrogen) atoms. The number of piperidine rings is 1.